The summed E-state index contributed by atoms with van der Waals surface area (Å²) in [6.45, 7) is 3.61. The zero-order valence-electron chi connectivity index (χ0n) is 8.71. The van der Waals surface area contributed by atoms with E-state index in [1.807, 2.05) is 0 Å². The van der Waals surface area contributed by atoms with Crippen molar-refractivity contribution in [3.63, 3.8) is 0 Å². The van der Waals surface area contributed by atoms with Gasteiger partial charge in [0.1, 0.15) is 0 Å². The number of unbranched alkanes of at least 4 members (excludes halogenated alkanes) is 2. The van der Waals surface area contributed by atoms with Crippen molar-refractivity contribution in [1.29, 1.82) is 0 Å². The fourth-order valence-corrected chi connectivity index (χ4v) is 1.54. The van der Waals surface area contributed by atoms with E-state index >= 15 is 0 Å². The third-order valence-corrected chi connectivity index (χ3v) is 2.39. The molecule has 0 aromatic carbocycles. The first kappa shape index (κ1) is 11.0. The number of amides is 2. The lowest BCUT2D eigenvalue weighted by atomic mass is 10.2. The monoisotopic (exact) mass is 198 g/mol. The summed E-state index contributed by atoms with van der Waals surface area (Å²) < 4.78 is 0. The van der Waals surface area contributed by atoms with Crippen molar-refractivity contribution in [1.82, 2.24) is 10.2 Å². The highest BCUT2D eigenvalue weighted by molar-refractivity contribution is 5.85. The molecule has 1 fully saturated rings. The highest BCUT2D eigenvalue weighted by Crippen LogP contribution is 2.04. The fraction of sp³-hybridized carbons (Fsp3) is 0.800. The fourth-order valence-electron chi connectivity index (χ4n) is 1.54. The molecule has 0 spiro atoms. The number of carbonyl (C=O) groups is 2. The van der Waals surface area contributed by atoms with E-state index in [9.17, 15) is 9.59 Å². The molecular formula is C10H18N2O2. The van der Waals surface area contributed by atoms with Gasteiger partial charge < -0.3 is 10.2 Å². The first-order chi connectivity index (χ1) is 6.74. The van der Waals surface area contributed by atoms with E-state index < -0.39 is 0 Å². The summed E-state index contributed by atoms with van der Waals surface area (Å²) in [6.07, 6.45) is 3.73. The van der Waals surface area contributed by atoms with E-state index in [2.05, 4.69) is 12.2 Å². The van der Waals surface area contributed by atoms with E-state index in [0.29, 0.717) is 19.5 Å². The van der Waals surface area contributed by atoms with Gasteiger partial charge in [-0.2, -0.15) is 0 Å². The van der Waals surface area contributed by atoms with Gasteiger partial charge in [0, 0.05) is 19.5 Å². The molecule has 1 rings (SSSR count). The van der Waals surface area contributed by atoms with Crippen molar-refractivity contribution >= 4 is 11.8 Å². The molecule has 0 aromatic rings. The molecule has 0 unspecified atom stereocenters. The van der Waals surface area contributed by atoms with Crippen LogP contribution in [0, 0.1) is 0 Å². The molecule has 14 heavy (non-hydrogen) atoms. The standard InChI is InChI=1S/C10H18N2O2/c1-2-3-4-5-10(14)12-7-6-11-9(13)8-12/h2-8H2,1H3,(H,11,13). The molecule has 4 nitrogen and oxygen atoms in total. The third-order valence-electron chi connectivity index (χ3n) is 2.39. The average Bonchev–Trinajstić information content (AvgIpc) is 2.18. The number of nitrogens with one attached hydrogen (secondary N) is 1. The maximum atomic E-state index is 11.6. The topological polar surface area (TPSA) is 49.4 Å². The largest absolute Gasteiger partial charge is 0.353 e. The zero-order chi connectivity index (χ0) is 10.4. The minimum atomic E-state index is -0.0416. The van der Waals surface area contributed by atoms with Crippen LogP contribution in [0.3, 0.4) is 0 Å². The van der Waals surface area contributed by atoms with E-state index in [0.717, 1.165) is 19.3 Å². The van der Waals surface area contributed by atoms with Crippen molar-refractivity contribution in [2.24, 2.45) is 0 Å². The molecule has 80 valence electrons. The predicted molar refractivity (Wildman–Crippen MR) is 53.7 cm³/mol. The Hall–Kier alpha value is -1.06. The first-order valence-corrected chi connectivity index (χ1v) is 5.28. The van der Waals surface area contributed by atoms with Gasteiger partial charge in [0.2, 0.25) is 11.8 Å². The summed E-state index contributed by atoms with van der Waals surface area (Å²) >= 11 is 0. The molecule has 0 aliphatic carbocycles. The molecule has 2 amide bonds. The SMILES string of the molecule is CCCCCC(=O)N1CCNC(=O)C1. The summed E-state index contributed by atoms with van der Waals surface area (Å²) in [4.78, 5) is 24.2. The van der Waals surface area contributed by atoms with Crippen molar-refractivity contribution < 1.29 is 9.59 Å². The lowest BCUT2D eigenvalue weighted by Crippen LogP contribution is -2.49. The minimum absolute atomic E-state index is 0.0416. The third kappa shape index (κ3) is 3.36. The Kier molecular flexibility index (Phi) is 4.43. The molecule has 1 aliphatic heterocycles. The first-order valence-electron chi connectivity index (χ1n) is 5.28. The van der Waals surface area contributed by atoms with Gasteiger partial charge in [0.05, 0.1) is 6.54 Å². The van der Waals surface area contributed by atoms with Gasteiger partial charge in [0.25, 0.3) is 0 Å². The lowest BCUT2D eigenvalue weighted by Gasteiger charge is -2.26. The summed E-state index contributed by atoms with van der Waals surface area (Å²) in [5.74, 6) is 0.0772. The van der Waals surface area contributed by atoms with Crippen LogP contribution < -0.4 is 5.32 Å². The molecule has 1 heterocycles. The van der Waals surface area contributed by atoms with Crippen LogP contribution in [0.5, 0.6) is 0 Å². The Bertz CT molecular complexity index is 216. The smallest absolute Gasteiger partial charge is 0.239 e. The second kappa shape index (κ2) is 5.62. The molecule has 1 saturated heterocycles. The van der Waals surface area contributed by atoms with Crippen molar-refractivity contribution in [3.8, 4) is 0 Å². The van der Waals surface area contributed by atoms with Gasteiger partial charge in [-0.05, 0) is 6.42 Å². The summed E-state index contributed by atoms with van der Waals surface area (Å²) in [6, 6.07) is 0. The Balaban J connectivity index is 2.25. The normalized spacial score (nSPS) is 16.6. The highest BCUT2D eigenvalue weighted by atomic mass is 16.2. The Morgan fingerprint density at radius 1 is 1.50 bits per heavy atom. The molecular weight excluding hydrogens is 180 g/mol. The van der Waals surface area contributed by atoms with Crippen LogP contribution in [-0.4, -0.2) is 36.3 Å². The van der Waals surface area contributed by atoms with Crippen molar-refractivity contribution in [2.45, 2.75) is 32.6 Å². The number of hydrogen-bond donors (Lipinski definition) is 1. The lowest BCUT2D eigenvalue weighted by molar-refractivity contribution is -0.138. The van der Waals surface area contributed by atoms with Crippen molar-refractivity contribution in [3.05, 3.63) is 0 Å². The number of nitrogens with zero attached hydrogens (tertiary/aromatic N) is 1. The molecule has 1 aliphatic rings. The van der Waals surface area contributed by atoms with E-state index in [1.165, 1.54) is 0 Å². The Morgan fingerprint density at radius 3 is 2.93 bits per heavy atom. The molecule has 0 aromatic heterocycles. The van der Waals surface area contributed by atoms with Crippen LogP contribution in [0.2, 0.25) is 0 Å². The molecule has 0 saturated carbocycles. The van der Waals surface area contributed by atoms with Crippen LogP contribution in [0.1, 0.15) is 32.6 Å². The summed E-state index contributed by atoms with van der Waals surface area (Å²) in [5.41, 5.74) is 0. The van der Waals surface area contributed by atoms with Gasteiger partial charge >= 0.3 is 0 Å². The van der Waals surface area contributed by atoms with Gasteiger partial charge in [-0.25, -0.2) is 0 Å². The highest BCUT2D eigenvalue weighted by Gasteiger charge is 2.19. The summed E-state index contributed by atoms with van der Waals surface area (Å²) in [5, 5.41) is 2.70. The summed E-state index contributed by atoms with van der Waals surface area (Å²) in [7, 11) is 0. The maximum absolute atomic E-state index is 11.6. The van der Waals surface area contributed by atoms with E-state index in [1.54, 1.807) is 4.90 Å². The van der Waals surface area contributed by atoms with Gasteiger partial charge in [-0.15, -0.1) is 0 Å². The van der Waals surface area contributed by atoms with Gasteiger partial charge in [0.15, 0.2) is 0 Å². The van der Waals surface area contributed by atoms with E-state index in [-0.39, 0.29) is 18.4 Å². The second-order valence-electron chi connectivity index (χ2n) is 3.62. The quantitative estimate of drug-likeness (QED) is 0.670. The molecule has 0 atom stereocenters. The van der Waals surface area contributed by atoms with Crippen LogP contribution in [-0.2, 0) is 9.59 Å². The average molecular weight is 198 g/mol. The van der Waals surface area contributed by atoms with E-state index in [4.69, 9.17) is 0 Å². The Morgan fingerprint density at radius 2 is 2.29 bits per heavy atom. The van der Waals surface area contributed by atoms with Crippen LogP contribution in [0.25, 0.3) is 0 Å². The minimum Gasteiger partial charge on any atom is -0.353 e. The van der Waals surface area contributed by atoms with Crippen LogP contribution in [0.15, 0.2) is 0 Å². The molecule has 1 N–H and O–H groups in total. The van der Waals surface area contributed by atoms with Crippen molar-refractivity contribution in [2.75, 3.05) is 19.6 Å². The van der Waals surface area contributed by atoms with Crippen LogP contribution >= 0.6 is 0 Å². The molecule has 0 bridgehead atoms. The van der Waals surface area contributed by atoms with Gasteiger partial charge in [-0.1, -0.05) is 19.8 Å². The number of carbonyl (C=O) groups excluding carboxylic acids is 2. The second-order valence-corrected chi connectivity index (χ2v) is 3.62. The van der Waals surface area contributed by atoms with Crippen LogP contribution in [0.4, 0.5) is 0 Å². The maximum Gasteiger partial charge on any atom is 0.239 e. The Labute approximate surface area is 84.7 Å². The number of hydrogen-bond acceptors (Lipinski definition) is 2. The molecule has 0 radical (unpaired) electrons. The molecule has 4 heteroatoms. The number of piperazine rings is 1. The van der Waals surface area contributed by atoms with Gasteiger partial charge in [-0.3, -0.25) is 9.59 Å². The number of rotatable bonds is 4. The zero-order valence-corrected chi connectivity index (χ0v) is 8.71. The predicted octanol–water partition coefficient (Wildman–Crippen LogP) is 0.525.